The fourth-order valence-electron chi connectivity index (χ4n) is 2.21. The maximum Gasteiger partial charge on any atom is 0.407 e. The Morgan fingerprint density at radius 3 is 2.62 bits per heavy atom. The van der Waals surface area contributed by atoms with Crippen molar-refractivity contribution in [3.63, 3.8) is 0 Å². The summed E-state index contributed by atoms with van der Waals surface area (Å²) >= 11 is 0. The van der Waals surface area contributed by atoms with Crippen LogP contribution in [0.5, 0.6) is 0 Å². The third kappa shape index (κ3) is 3.37. The monoisotopic (exact) mass is 226 g/mol. The first-order chi connectivity index (χ1) is 7.44. The van der Waals surface area contributed by atoms with Crippen LogP contribution in [0.3, 0.4) is 0 Å². The van der Waals surface area contributed by atoms with Gasteiger partial charge in [-0.25, -0.2) is 4.79 Å². The molecule has 4 nitrogen and oxygen atoms in total. The minimum atomic E-state index is -0.411. The number of hydrogen-bond donors (Lipinski definition) is 2. The molecule has 4 heteroatoms. The Labute approximate surface area is 97.1 Å². The van der Waals surface area contributed by atoms with Crippen LogP contribution in [0.1, 0.15) is 40.0 Å². The normalized spacial score (nSPS) is 30.2. The highest BCUT2D eigenvalue weighted by Gasteiger charge is 2.37. The molecule has 1 saturated carbocycles. The first-order valence-corrected chi connectivity index (χ1v) is 6.17. The smallest absolute Gasteiger partial charge is 0.407 e. The fraction of sp³-hybridized carbons (Fsp3) is 0.917. The van der Waals surface area contributed by atoms with E-state index in [1.807, 2.05) is 20.8 Å². The molecule has 0 aromatic heterocycles. The third-order valence-corrected chi connectivity index (χ3v) is 3.08. The molecule has 0 aromatic carbocycles. The second-order valence-electron chi connectivity index (χ2n) is 5.93. The Hall–Kier alpha value is -0.770. The highest BCUT2D eigenvalue weighted by molar-refractivity contribution is 5.68. The number of rotatable bonds is 2. The molecule has 1 aliphatic carbocycles. The highest BCUT2D eigenvalue weighted by Crippen LogP contribution is 2.36. The third-order valence-electron chi connectivity index (χ3n) is 3.08. The van der Waals surface area contributed by atoms with E-state index in [-0.39, 0.29) is 12.1 Å². The highest BCUT2D eigenvalue weighted by atomic mass is 16.6. The molecule has 92 valence electrons. The maximum absolute atomic E-state index is 11.5. The van der Waals surface area contributed by atoms with Gasteiger partial charge >= 0.3 is 6.09 Å². The molecule has 2 rings (SSSR count). The molecule has 1 saturated heterocycles. The number of ether oxygens (including phenoxy) is 1. The van der Waals surface area contributed by atoms with E-state index in [4.69, 9.17) is 4.74 Å². The van der Waals surface area contributed by atoms with Crippen LogP contribution >= 0.6 is 0 Å². The molecule has 1 amide bonds. The van der Waals surface area contributed by atoms with Crippen LogP contribution in [0, 0.1) is 5.92 Å². The number of alkyl carbamates (subject to hydrolysis) is 1. The van der Waals surface area contributed by atoms with Gasteiger partial charge < -0.3 is 15.4 Å². The van der Waals surface area contributed by atoms with Gasteiger partial charge in [0, 0.05) is 18.6 Å². The predicted molar refractivity (Wildman–Crippen MR) is 62.3 cm³/mol. The number of amides is 1. The molecule has 1 aliphatic heterocycles. The van der Waals surface area contributed by atoms with E-state index in [1.54, 1.807) is 0 Å². The van der Waals surface area contributed by atoms with Crippen molar-refractivity contribution in [1.29, 1.82) is 0 Å². The van der Waals surface area contributed by atoms with Gasteiger partial charge in [0.25, 0.3) is 0 Å². The summed E-state index contributed by atoms with van der Waals surface area (Å²) in [6, 6.07) is 0.848. The molecular formula is C12H22N2O2. The van der Waals surface area contributed by atoms with Crippen LogP contribution in [-0.4, -0.2) is 30.3 Å². The minimum Gasteiger partial charge on any atom is -0.444 e. The SMILES string of the molecule is CC(C)(C)OC(=O)N[C@H]1CN[C@@H](C2CC2)C1. The number of hydrogen-bond acceptors (Lipinski definition) is 3. The van der Waals surface area contributed by atoms with E-state index in [2.05, 4.69) is 10.6 Å². The molecule has 1 heterocycles. The van der Waals surface area contributed by atoms with Crippen molar-refractivity contribution < 1.29 is 9.53 Å². The van der Waals surface area contributed by atoms with Gasteiger partial charge in [0.15, 0.2) is 0 Å². The van der Waals surface area contributed by atoms with Gasteiger partial charge in [-0.1, -0.05) is 0 Å². The molecule has 0 radical (unpaired) electrons. The van der Waals surface area contributed by atoms with Crippen LogP contribution in [0.2, 0.25) is 0 Å². The molecule has 0 unspecified atom stereocenters. The van der Waals surface area contributed by atoms with E-state index >= 15 is 0 Å². The Bertz CT molecular complexity index is 269. The largest absolute Gasteiger partial charge is 0.444 e. The Morgan fingerprint density at radius 1 is 1.38 bits per heavy atom. The summed E-state index contributed by atoms with van der Waals surface area (Å²) in [6.45, 7) is 6.52. The van der Waals surface area contributed by atoms with Gasteiger partial charge in [0.05, 0.1) is 0 Å². The van der Waals surface area contributed by atoms with Crippen LogP contribution in [0.25, 0.3) is 0 Å². The zero-order valence-corrected chi connectivity index (χ0v) is 10.4. The Morgan fingerprint density at radius 2 is 2.06 bits per heavy atom. The second-order valence-corrected chi connectivity index (χ2v) is 5.93. The van der Waals surface area contributed by atoms with Crippen LogP contribution < -0.4 is 10.6 Å². The van der Waals surface area contributed by atoms with E-state index in [0.29, 0.717) is 6.04 Å². The van der Waals surface area contributed by atoms with Crippen LogP contribution in [0.4, 0.5) is 4.79 Å². The molecule has 0 bridgehead atoms. The summed E-state index contributed by atoms with van der Waals surface area (Å²) in [6.07, 6.45) is 3.44. The number of nitrogens with one attached hydrogen (secondary N) is 2. The summed E-state index contributed by atoms with van der Waals surface area (Å²) in [5.41, 5.74) is -0.411. The predicted octanol–water partition coefficient (Wildman–Crippen LogP) is 1.65. The van der Waals surface area contributed by atoms with Gasteiger partial charge in [-0.2, -0.15) is 0 Å². The van der Waals surface area contributed by atoms with Gasteiger partial charge in [-0.3, -0.25) is 0 Å². The van der Waals surface area contributed by atoms with E-state index in [9.17, 15) is 4.79 Å². The van der Waals surface area contributed by atoms with Gasteiger partial charge in [-0.15, -0.1) is 0 Å². The van der Waals surface area contributed by atoms with Crippen molar-refractivity contribution in [3.05, 3.63) is 0 Å². The molecule has 2 fully saturated rings. The zero-order chi connectivity index (χ0) is 11.8. The average Bonchev–Trinajstić information content (AvgIpc) is 2.85. The maximum atomic E-state index is 11.5. The molecule has 16 heavy (non-hydrogen) atoms. The summed E-state index contributed by atoms with van der Waals surface area (Å²) in [5.74, 6) is 0.852. The van der Waals surface area contributed by atoms with Crippen molar-refractivity contribution in [3.8, 4) is 0 Å². The van der Waals surface area contributed by atoms with E-state index < -0.39 is 5.60 Å². The van der Waals surface area contributed by atoms with Crippen molar-refractivity contribution in [2.24, 2.45) is 5.92 Å². The first kappa shape index (κ1) is 11.7. The molecule has 0 aromatic rings. The summed E-state index contributed by atoms with van der Waals surface area (Å²) in [4.78, 5) is 11.5. The van der Waals surface area contributed by atoms with Crippen molar-refractivity contribution >= 4 is 6.09 Å². The van der Waals surface area contributed by atoms with Crippen molar-refractivity contribution in [1.82, 2.24) is 10.6 Å². The summed E-state index contributed by atoms with van der Waals surface area (Å²) < 4.78 is 5.23. The minimum absolute atomic E-state index is 0.237. The molecule has 2 N–H and O–H groups in total. The number of carbonyl (C=O) groups excluding carboxylic acids is 1. The average molecular weight is 226 g/mol. The topological polar surface area (TPSA) is 50.4 Å². The Balaban J connectivity index is 1.71. The van der Waals surface area contributed by atoms with Gasteiger partial charge in [0.1, 0.15) is 5.60 Å². The lowest BCUT2D eigenvalue weighted by molar-refractivity contribution is 0.0508. The van der Waals surface area contributed by atoms with Crippen molar-refractivity contribution in [2.75, 3.05) is 6.54 Å². The lowest BCUT2D eigenvalue weighted by atomic mass is 10.1. The quantitative estimate of drug-likeness (QED) is 0.752. The zero-order valence-electron chi connectivity index (χ0n) is 10.4. The van der Waals surface area contributed by atoms with E-state index in [1.165, 1.54) is 12.8 Å². The van der Waals surface area contributed by atoms with Crippen LogP contribution in [0.15, 0.2) is 0 Å². The van der Waals surface area contributed by atoms with E-state index in [0.717, 1.165) is 18.9 Å². The van der Waals surface area contributed by atoms with Crippen LogP contribution in [-0.2, 0) is 4.74 Å². The second kappa shape index (κ2) is 4.24. The Kier molecular flexibility index (Phi) is 3.10. The lowest BCUT2D eigenvalue weighted by Gasteiger charge is -2.21. The van der Waals surface area contributed by atoms with Gasteiger partial charge in [-0.05, 0) is 46.0 Å². The standard InChI is InChI=1S/C12H22N2O2/c1-12(2,3)16-11(15)14-9-6-10(13-7-9)8-4-5-8/h8-10,13H,4-7H2,1-3H3,(H,14,15)/t9-,10-/m1/s1. The first-order valence-electron chi connectivity index (χ1n) is 6.17. The molecule has 2 atom stereocenters. The van der Waals surface area contributed by atoms with Crippen molar-refractivity contribution in [2.45, 2.75) is 57.7 Å². The fourth-order valence-corrected chi connectivity index (χ4v) is 2.21. The number of carbonyl (C=O) groups is 1. The molecular weight excluding hydrogens is 204 g/mol. The van der Waals surface area contributed by atoms with Gasteiger partial charge in [0.2, 0.25) is 0 Å². The summed E-state index contributed by atoms with van der Waals surface area (Å²) in [7, 11) is 0. The lowest BCUT2D eigenvalue weighted by Crippen LogP contribution is -2.40. The summed E-state index contributed by atoms with van der Waals surface area (Å²) in [5, 5.41) is 6.39. The molecule has 0 spiro atoms. The molecule has 2 aliphatic rings.